The van der Waals surface area contributed by atoms with Crippen molar-refractivity contribution in [2.75, 3.05) is 20.2 Å². The quantitative estimate of drug-likeness (QED) is 0.745. The normalized spacial score (nSPS) is 10.4. The second-order valence-electron chi connectivity index (χ2n) is 3.59. The minimum atomic E-state index is -0.341. The van der Waals surface area contributed by atoms with Gasteiger partial charge < -0.3 is 10.1 Å². The molecule has 0 heterocycles. The van der Waals surface area contributed by atoms with Crippen molar-refractivity contribution in [3.8, 4) is 5.75 Å². The van der Waals surface area contributed by atoms with Crippen LogP contribution in [-0.4, -0.2) is 20.2 Å². The summed E-state index contributed by atoms with van der Waals surface area (Å²) in [6.07, 6.45) is 3.23. The third-order valence-corrected chi connectivity index (χ3v) is 2.52. The van der Waals surface area contributed by atoms with Gasteiger partial charge in [0.2, 0.25) is 0 Å². The first-order valence-corrected chi connectivity index (χ1v) is 5.84. The van der Waals surface area contributed by atoms with E-state index in [9.17, 15) is 4.39 Å². The van der Waals surface area contributed by atoms with Crippen LogP contribution in [0.2, 0.25) is 5.02 Å². The Hall–Kier alpha value is -0.800. The highest BCUT2D eigenvalue weighted by Gasteiger charge is 2.02. The number of benzene rings is 1. The SMILES string of the molecule is CNCCCCCOc1ccc(F)cc1Cl. The van der Waals surface area contributed by atoms with Crippen LogP contribution in [0.25, 0.3) is 0 Å². The molecule has 0 radical (unpaired) electrons. The van der Waals surface area contributed by atoms with Gasteiger partial charge in [0.1, 0.15) is 11.6 Å². The van der Waals surface area contributed by atoms with Crippen molar-refractivity contribution in [2.45, 2.75) is 19.3 Å². The molecule has 0 unspecified atom stereocenters. The first-order chi connectivity index (χ1) is 7.74. The lowest BCUT2D eigenvalue weighted by atomic mass is 10.2. The molecule has 0 aromatic heterocycles. The smallest absolute Gasteiger partial charge is 0.138 e. The summed E-state index contributed by atoms with van der Waals surface area (Å²) in [5, 5.41) is 3.42. The van der Waals surface area contributed by atoms with Gasteiger partial charge in [-0.15, -0.1) is 0 Å². The second kappa shape index (κ2) is 7.47. The Morgan fingerprint density at radius 3 is 2.81 bits per heavy atom. The lowest BCUT2D eigenvalue weighted by molar-refractivity contribution is 0.305. The summed E-state index contributed by atoms with van der Waals surface area (Å²) in [6, 6.07) is 4.17. The first kappa shape index (κ1) is 13.3. The van der Waals surface area contributed by atoms with Gasteiger partial charge in [-0.1, -0.05) is 11.6 Å². The molecule has 1 rings (SSSR count). The van der Waals surface area contributed by atoms with Crippen LogP contribution in [0.1, 0.15) is 19.3 Å². The fraction of sp³-hybridized carbons (Fsp3) is 0.500. The van der Waals surface area contributed by atoms with E-state index in [1.54, 1.807) is 6.07 Å². The molecule has 0 aliphatic carbocycles. The van der Waals surface area contributed by atoms with Crippen LogP contribution in [0.15, 0.2) is 18.2 Å². The Morgan fingerprint density at radius 1 is 1.31 bits per heavy atom. The van der Waals surface area contributed by atoms with Crippen molar-refractivity contribution in [3.05, 3.63) is 29.0 Å². The Labute approximate surface area is 101 Å². The molecule has 0 aliphatic heterocycles. The minimum absolute atomic E-state index is 0.329. The fourth-order valence-electron chi connectivity index (χ4n) is 1.36. The molecule has 0 aliphatic rings. The van der Waals surface area contributed by atoms with Crippen LogP contribution in [0.5, 0.6) is 5.75 Å². The van der Waals surface area contributed by atoms with Gasteiger partial charge in [-0.2, -0.15) is 0 Å². The van der Waals surface area contributed by atoms with Crippen LogP contribution in [0.4, 0.5) is 4.39 Å². The average molecular weight is 246 g/mol. The zero-order chi connectivity index (χ0) is 11.8. The molecule has 0 bridgehead atoms. The molecule has 0 saturated carbocycles. The summed E-state index contributed by atoms with van der Waals surface area (Å²) in [4.78, 5) is 0. The molecule has 0 fully saturated rings. The standard InChI is InChI=1S/C12H17ClFNO/c1-15-7-3-2-4-8-16-12-6-5-10(14)9-11(12)13/h5-6,9,15H,2-4,7-8H2,1H3. The van der Waals surface area contributed by atoms with Gasteiger partial charge in [-0.25, -0.2) is 4.39 Å². The maximum absolute atomic E-state index is 12.7. The largest absolute Gasteiger partial charge is 0.492 e. The van der Waals surface area contributed by atoms with Gasteiger partial charge in [0.05, 0.1) is 11.6 Å². The van der Waals surface area contributed by atoms with E-state index >= 15 is 0 Å². The van der Waals surface area contributed by atoms with E-state index in [-0.39, 0.29) is 5.82 Å². The van der Waals surface area contributed by atoms with E-state index in [0.29, 0.717) is 17.4 Å². The number of ether oxygens (including phenoxy) is 1. The van der Waals surface area contributed by atoms with Gasteiger partial charge in [-0.05, 0) is 51.1 Å². The molecule has 0 saturated heterocycles. The molecule has 0 amide bonds. The van der Waals surface area contributed by atoms with E-state index < -0.39 is 0 Å². The van der Waals surface area contributed by atoms with E-state index in [2.05, 4.69) is 5.32 Å². The summed E-state index contributed by atoms with van der Waals surface area (Å²) < 4.78 is 18.2. The van der Waals surface area contributed by atoms with Crippen LogP contribution >= 0.6 is 11.6 Å². The molecule has 90 valence electrons. The zero-order valence-corrected chi connectivity index (χ0v) is 10.2. The van der Waals surface area contributed by atoms with E-state index in [4.69, 9.17) is 16.3 Å². The predicted molar refractivity (Wildman–Crippen MR) is 64.7 cm³/mol. The van der Waals surface area contributed by atoms with Crippen LogP contribution in [0, 0.1) is 5.82 Å². The second-order valence-corrected chi connectivity index (χ2v) is 3.99. The lowest BCUT2D eigenvalue weighted by Crippen LogP contribution is -2.07. The summed E-state index contributed by atoms with van der Waals surface area (Å²) in [6.45, 7) is 1.65. The highest BCUT2D eigenvalue weighted by atomic mass is 35.5. The third-order valence-electron chi connectivity index (χ3n) is 2.22. The van der Waals surface area contributed by atoms with Crippen molar-refractivity contribution in [2.24, 2.45) is 0 Å². The Balaban J connectivity index is 2.21. The van der Waals surface area contributed by atoms with Crippen molar-refractivity contribution < 1.29 is 9.13 Å². The highest BCUT2D eigenvalue weighted by Crippen LogP contribution is 2.24. The molecule has 1 aromatic carbocycles. The molecular formula is C12H17ClFNO. The van der Waals surface area contributed by atoms with Gasteiger partial charge >= 0.3 is 0 Å². The summed E-state index contributed by atoms with van der Waals surface area (Å²) in [5.74, 6) is 0.211. The molecule has 1 N–H and O–H groups in total. The minimum Gasteiger partial charge on any atom is -0.492 e. The molecule has 4 heteroatoms. The zero-order valence-electron chi connectivity index (χ0n) is 9.43. The Bertz CT molecular complexity index is 320. The Kier molecular flexibility index (Phi) is 6.19. The van der Waals surface area contributed by atoms with E-state index in [1.807, 2.05) is 7.05 Å². The number of hydrogen-bond acceptors (Lipinski definition) is 2. The fourth-order valence-corrected chi connectivity index (χ4v) is 1.58. The highest BCUT2D eigenvalue weighted by molar-refractivity contribution is 6.32. The third kappa shape index (κ3) is 4.81. The summed E-state index contributed by atoms with van der Waals surface area (Å²) in [7, 11) is 1.94. The molecule has 2 nitrogen and oxygen atoms in total. The Morgan fingerprint density at radius 2 is 2.12 bits per heavy atom. The molecule has 16 heavy (non-hydrogen) atoms. The van der Waals surface area contributed by atoms with Crippen LogP contribution < -0.4 is 10.1 Å². The van der Waals surface area contributed by atoms with Crippen molar-refractivity contribution >= 4 is 11.6 Å². The van der Waals surface area contributed by atoms with Crippen molar-refractivity contribution in [1.29, 1.82) is 0 Å². The maximum atomic E-state index is 12.7. The summed E-state index contributed by atoms with van der Waals surface area (Å²) in [5.41, 5.74) is 0. The number of rotatable bonds is 7. The summed E-state index contributed by atoms with van der Waals surface area (Å²) >= 11 is 5.82. The van der Waals surface area contributed by atoms with Gasteiger partial charge in [0.25, 0.3) is 0 Å². The monoisotopic (exact) mass is 245 g/mol. The topological polar surface area (TPSA) is 21.3 Å². The molecule has 0 spiro atoms. The van der Waals surface area contributed by atoms with Crippen molar-refractivity contribution in [3.63, 3.8) is 0 Å². The lowest BCUT2D eigenvalue weighted by Gasteiger charge is -2.07. The average Bonchev–Trinajstić information content (AvgIpc) is 2.26. The van der Waals surface area contributed by atoms with E-state index in [0.717, 1.165) is 25.8 Å². The molecular weight excluding hydrogens is 229 g/mol. The number of halogens is 2. The van der Waals surface area contributed by atoms with Gasteiger partial charge in [0, 0.05) is 0 Å². The molecule has 1 aromatic rings. The maximum Gasteiger partial charge on any atom is 0.138 e. The number of unbranched alkanes of at least 4 members (excludes halogenated alkanes) is 2. The van der Waals surface area contributed by atoms with Gasteiger partial charge in [0.15, 0.2) is 0 Å². The number of hydrogen-bond donors (Lipinski definition) is 1. The first-order valence-electron chi connectivity index (χ1n) is 5.46. The van der Waals surface area contributed by atoms with Gasteiger partial charge in [-0.3, -0.25) is 0 Å². The number of nitrogens with one attached hydrogen (secondary N) is 1. The van der Waals surface area contributed by atoms with Crippen LogP contribution in [0.3, 0.4) is 0 Å². The predicted octanol–water partition coefficient (Wildman–Crippen LogP) is 3.25. The van der Waals surface area contributed by atoms with E-state index in [1.165, 1.54) is 12.1 Å². The van der Waals surface area contributed by atoms with Crippen LogP contribution in [-0.2, 0) is 0 Å². The van der Waals surface area contributed by atoms with Crippen molar-refractivity contribution in [1.82, 2.24) is 5.32 Å². The molecule has 0 atom stereocenters.